The van der Waals surface area contributed by atoms with E-state index in [0.717, 1.165) is 23.8 Å². The number of H-pyrrole nitrogens is 1. The molecule has 4 rings (SSSR count). The molecule has 1 aromatic heterocycles. The van der Waals surface area contributed by atoms with Crippen LogP contribution in [0.5, 0.6) is 0 Å². The van der Waals surface area contributed by atoms with Crippen molar-refractivity contribution in [3.63, 3.8) is 0 Å². The van der Waals surface area contributed by atoms with E-state index in [1.165, 1.54) is 25.3 Å². The number of imidazole rings is 1. The fourth-order valence-corrected chi connectivity index (χ4v) is 3.65. The van der Waals surface area contributed by atoms with Crippen molar-refractivity contribution in [2.45, 2.75) is 25.3 Å². The molecule has 3 unspecified atom stereocenters. The van der Waals surface area contributed by atoms with Crippen LogP contribution in [0, 0.1) is 17.7 Å². The minimum atomic E-state index is -0.240. The first-order chi connectivity index (χ1) is 8.83. The number of fused-ring (bicyclic) bond motifs is 2. The standard InChI is InChI=1S/C14H16FN3/c15-10-5-2-6-11-13(10)18-14(17-11)12-9-4-1-3-8(9)7-16-12/h2,5-6,8-9,12,16H,1,3-4,7H2,(H,17,18). The summed E-state index contributed by atoms with van der Waals surface area (Å²) in [5, 5.41) is 3.54. The molecule has 2 N–H and O–H groups in total. The molecule has 2 fully saturated rings. The molecule has 3 atom stereocenters. The summed E-state index contributed by atoms with van der Waals surface area (Å²) in [6.07, 6.45) is 3.91. The monoisotopic (exact) mass is 245 g/mol. The van der Waals surface area contributed by atoms with Gasteiger partial charge in [0.1, 0.15) is 11.3 Å². The number of aromatic amines is 1. The van der Waals surface area contributed by atoms with E-state index in [4.69, 9.17) is 0 Å². The van der Waals surface area contributed by atoms with E-state index >= 15 is 0 Å². The first-order valence-corrected chi connectivity index (χ1v) is 6.70. The number of aromatic nitrogens is 2. The van der Waals surface area contributed by atoms with Crippen molar-refractivity contribution >= 4 is 11.0 Å². The molecule has 1 aromatic carbocycles. The lowest BCUT2D eigenvalue weighted by Crippen LogP contribution is -2.19. The molecule has 0 radical (unpaired) electrons. The lowest BCUT2D eigenvalue weighted by atomic mass is 9.94. The van der Waals surface area contributed by atoms with Gasteiger partial charge in [0.05, 0.1) is 11.6 Å². The summed E-state index contributed by atoms with van der Waals surface area (Å²) in [7, 11) is 0. The van der Waals surface area contributed by atoms with Gasteiger partial charge in [-0.05, 0) is 43.4 Å². The van der Waals surface area contributed by atoms with Crippen LogP contribution in [0.4, 0.5) is 4.39 Å². The van der Waals surface area contributed by atoms with Crippen LogP contribution in [0.15, 0.2) is 18.2 Å². The number of para-hydroxylation sites is 1. The lowest BCUT2D eigenvalue weighted by molar-refractivity contribution is 0.410. The average molecular weight is 245 g/mol. The van der Waals surface area contributed by atoms with Gasteiger partial charge in [-0.2, -0.15) is 0 Å². The second-order valence-electron chi connectivity index (χ2n) is 5.50. The van der Waals surface area contributed by atoms with E-state index < -0.39 is 0 Å². The molecule has 0 spiro atoms. The summed E-state index contributed by atoms with van der Waals surface area (Å²) >= 11 is 0. The number of halogens is 1. The zero-order valence-electron chi connectivity index (χ0n) is 10.1. The largest absolute Gasteiger partial charge is 0.341 e. The first-order valence-electron chi connectivity index (χ1n) is 6.70. The van der Waals surface area contributed by atoms with Crippen LogP contribution in [0.1, 0.15) is 31.1 Å². The van der Waals surface area contributed by atoms with Gasteiger partial charge in [-0.1, -0.05) is 12.5 Å². The fraction of sp³-hybridized carbons (Fsp3) is 0.500. The molecule has 18 heavy (non-hydrogen) atoms. The van der Waals surface area contributed by atoms with Gasteiger partial charge in [0.15, 0.2) is 5.82 Å². The quantitative estimate of drug-likeness (QED) is 0.811. The molecule has 2 aliphatic rings. The number of benzene rings is 1. The summed E-state index contributed by atoms with van der Waals surface area (Å²) in [5.74, 6) is 2.13. The Labute approximate surface area is 105 Å². The Kier molecular flexibility index (Phi) is 2.21. The van der Waals surface area contributed by atoms with Gasteiger partial charge in [0, 0.05) is 0 Å². The molecule has 1 saturated heterocycles. The highest BCUT2D eigenvalue weighted by Crippen LogP contribution is 2.43. The third kappa shape index (κ3) is 1.42. The zero-order chi connectivity index (χ0) is 12.1. The second-order valence-corrected chi connectivity index (χ2v) is 5.50. The Balaban J connectivity index is 1.76. The molecule has 2 aromatic rings. The van der Waals surface area contributed by atoms with Gasteiger partial charge in [-0.25, -0.2) is 9.37 Å². The minimum Gasteiger partial charge on any atom is -0.341 e. The number of hydrogen-bond acceptors (Lipinski definition) is 2. The van der Waals surface area contributed by atoms with Gasteiger partial charge < -0.3 is 10.3 Å². The Morgan fingerprint density at radius 3 is 3.11 bits per heavy atom. The maximum absolute atomic E-state index is 13.7. The highest BCUT2D eigenvalue weighted by molar-refractivity contribution is 5.75. The number of nitrogens with zero attached hydrogens (tertiary/aromatic N) is 1. The minimum absolute atomic E-state index is 0.240. The highest BCUT2D eigenvalue weighted by atomic mass is 19.1. The van der Waals surface area contributed by atoms with Crippen LogP contribution in [0.2, 0.25) is 0 Å². The predicted molar refractivity (Wildman–Crippen MR) is 67.6 cm³/mol. The average Bonchev–Trinajstić information content (AvgIpc) is 3.02. The summed E-state index contributed by atoms with van der Waals surface area (Å²) in [4.78, 5) is 7.74. The third-order valence-electron chi connectivity index (χ3n) is 4.52. The SMILES string of the molecule is Fc1cccc2[nH]c(C3NCC4CCCC43)nc12. The van der Waals surface area contributed by atoms with Crippen molar-refractivity contribution in [3.8, 4) is 0 Å². The predicted octanol–water partition coefficient (Wildman–Crippen LogP) is 2.76. The van der Waals surface area contributed by atoms with Crippen LogP contribution in [-0.2, 0) is 0 Å². The van der Waals surface area contributed by atoms with Crippen LogP contribution in [0.25, 0.3) is 11.0 Å². The van der Waals surface area contributed by atoms with E-state index in [1.54, 1.807) is 6.07 Å². The van der Waals surface area contributed by atoms with Crippen molar-refractivity contribution in [2.24, 2.45) is 11.8 Å². The van der Waals surface area contributed by atoms with E-state index in [2.05, 4.69) is 15.3 Å². The van der Waals surface area contributed by atoms with Gasteiger partial charge in [0.2, 0.25) is 0 Å². The van der Waals surface area contributed by atoms with Crippen molar-refractivity contribution in [3.05, 3.63) is 29.8 Å². The lowest BCUT2D eigenvalue weighted by Gasteiger charge is -2.15. The van der Waals surface area contributed by atoms with Crippen LogP contribution in [-0.4, -0.2) is 16.5 Å². The summed E-state index contributed by atoms with van der Waals surface area (Å²) < 4.78 is 13.7. The van der Waals surface area contributed by atoms with Crippen molar-refractivity contribution < 1.29 is 4.39 Å². The van der Waals surface area contributed by atoms with E-state index in [9.17, 15) is 4.39 Å². The molecule has 4 heteroatoms. The van der Waals surface area contributed by atoms with Gasteiger partial charge >= 0.3 is 0 Å². The van der Waals surface area contributed by atoms with E-state index in [-0.39, 0.29) is 11.9 Å². The topological polar surface area (TPSA) is 40.7 Å². The summed E-state index contributed by atoms with van der Waals surface area (Å²) in [6, 6.07) is 5.35. The van der Waals surface area contributed by atoms with Gasteiger partial charge in [-0.3, -0.25) is 0 Å². The normalized spacial score (nSPS) is 31.1. The third-order valence-corrected chi connectivity index (χ3v) is 4.52. The van der Waals surface area contributed by atoms with Crippen molar-refractivity contribution in [1.82, 2.24) is 15.3 Å². The summed E-state index contributed by atoms with van der Waals surface area (Å²) in [5.41, 5.74) is 1.27. The molecular formula is C14H16FN3. The molecule has 1 saturated carbocycles. The molecule has 3 nitrogen and oxygen atoms in total. The maximum Gasteiger partial charge on any atom is 0.151 e. The molecular weight excluding hydrogens is 229 g/mol. The molecule has 1 aliphatic carbocycles. The molecule has 0 bridgehead atoms. The van der Waals surface area contributed by atoms with Crippen LogP contribution >= 0.6 is 0 Å². The van der Waals surface area contributed by atoms with E-state index in [1.807, 2.05) is 6.07 Å². The molecule has 0 amide bonds. The first kappa shape index (κ1) is 10.5. The molecule has 2 heterocycles. The summed E-state index contributed by atoms with van der Waals surface area (Å²) in [6.45, 7) is 1.08. The molecule has 94 valence electrons. The fourth-order valence-electron chi connectivity index (χ4n) is 3.65. The Morgan fingerprint density at radius 2 is 2.22 bits per heavy atom. The zero-order valence-corrected chi connectivity index (χ0v) is 10.1. The van der Waals surface area contributed by atoms with Crippen molar-refractivity contribution in [2.75, 3.05) is 6.54 Å². The van der Waals surface area contributed by atoms with Crippen molar-refractivity contribution in [1.29, 1.82) is 0 Å². The van der Waals surface area contributed by atoms with Gasteiger partial charge in [-0.15, -0.1) is 0 Å². The number of hydrogen-bond donors (Lipinski definition) is 2. The second kappa shape index (κ2) is 3.79. The smallest absolute Gasteiger partial charge is 0.151 e. The number of rotatable bonds is 1. The Hall–Kier alpha value is -1.42. The Bertz CT molecular complexity index is 592. The van der Waals surface area contributed by atoms with Crippen LogP contribution in [0.3, 0.4) is 0 Å². The maximum atomic E-state index is 13.7. The molecule has 1 aliphatic heterocycles. The van der Waals surface area contributed by atoms with E-state index in [0.29, 0.717) is 11.4 Å². The van der Waals surface area contributed by atoms with Gasteiger partial charge in [0.25, 0.3) is 0 Å². The highest BCUT2D eigenvalue weighted by Gasteiger charge is 2.40. The number of nitrogens with one attached hydrogen (secondary N) is 2. The Morgan fingerprint density at radius 1 is 1.28 bits per heavy atom. The van der Waals surface area contributed by atoms with Crippen LogP contribution < -0.4 is 5.32 Å².